The van der Waals surface area contributed by atoms with Crippen molar-refractivity contribution in [3.8, 4) is 0 Å². The van der Waals surface area contributed by atoms with Crippen LogP contribution < -0.4 is 11.5 Å². The molecule has 0 fully saturated rings. The maximum Gasteiger partial charge on any atom is 0.0858 e. The van der Waals surface area contributed by atoms with E-state index in [0.717, 1.165) is 25.3 Å². The number of ether oxygens (including phenoxy) is 6. The highest BCUT2D eigenvalue weighted by molar-refractivity contribution is 4.93. The quantitative estimate of drug-likeness (QED) is 0.163. The zero-order valence-electron chi connectivity index (χ0n) is 25.1. The van der Waals surface area contributed by atoms with Crippen molar-refractivity contribution in [2.45, 2.75) is 87.0 Å². The Bertz CT molecular complexity index is 355. The van der Waals surface area contributed by atoms with E-state index in [1.807, 2.05) is 40.7 Å². The van der Waals surface area contributed by atoms with Crippen molar-refractivity contribution in [3.63, 3.8) is 0 Å². The monoisotopic (exact) mass is 524 g/mol. The van der Waals surface area contributed by atoms with E-state index in [-0.39, 0.29) is 0 Å². The summed E-state index contributed by atoms with van der Waals surface area (Å²) >= 11 is 0. The maximum absolute atomic E-state index is 5.59. The van der Waals surface area contributed by atoms with Crippen molar-refractivity contribution in [1.29, 1.82) is 0 Å². The van der Waals surface area contributed by atoms with Crippen LogP contribution >= 0.6 is 0 Å². The summed E-state index contributed by atoms with van der Waals surface area (Å²) in [7, 11) is 0. The zero-order chi connectivity index (χ0) is 28.0. The smallest absolute Gasteiger partial charge is 0.0858 e. The summed E-state index contributed by atoms with van der Waals surface area (Å²) in [4.78, 5) is 0. The van der Waals surface area contributed by atoms with Gasteiger partial charge in [0, 0.05) is 12.3 Å². The molecule has 0 atom stereocenters. The molecule has 222 valence electrons. The highest BCUT2D eigenvalue weighted by atomic mass is 16.6. The molecule has 0 amide bonds. The summed E-state index contributed by atoms with van der Waals surface area (Å²) in [6, 6.07) is 0. The van der Waals surface area contributed by atoms with Crippen LogP contribution in [0.15, 0.2) is 11.8 Å². The molecule has 0 aromatic carbocycles. The fraction of sp³-hybridized carbons (Fsp3) is 0.929. The number of nitrogens with two attached hydrogens (primary N) is 2. The minimum atomic E-state index is 0.448. The van der Waals surface area contributed by atoms with Gasteiger partial charge in [0.15, 0.2) is 0 Å². The van der Waals surface area contributed by atoms with Crippen LogP contribution in [0.1, 0.15) is 87.0 Å². The van der Waals surface area contributed by atoms with E-state index in [9.17, 15) is 0 Å². The SMILES string of the molecule is C/C=C(\N)COCCOCCOCCOCCOCCOCCC.CC.CC.CCCCCCCN. The third-order valence-electron chi connectivity index (χ3n) is 4.16. The van der Waals surface area contributed by atoms with Crippen molar-refractivity contribution < 1.29 is 28.4 Å². The molecular weight excluding hydrogens is 460 g/mol. The molecule has 0 aliphatic carbocycles. The van der Waals surface area contributed by atoms with Crippen LogP contribution in [0.2, 0.25) is 0 Å². The number of hydrogen-bond acceptors (Lipinski definition) is 8. The van der Waals surface area contributed by atoms with E-state index >= 15 is 0 Å². The minimum Gasteiger partial charge on any atom is -0.400 e. The van der Waals surface area contributed by atoms with E-state index in [1.165, 1.54) is 32.1 Å². The van der Waals surface area contributed by atoms with Crippen molar-refractivity contribution >= 4 is 0 Å². The molecule has 8 nitrogen and oxygen atoms in total. The molecule has 0 aromatic rings. The second-order valence-corrected chi connectivity index (χ2v) is 7.18. The third-order valence-corrected chi connectivity index (χ3v) is 4.16. The molecule has 8 heteroatoms. The first-order chi connectivity index (χ1) is 17.7. The first kappa shape index (κ1) is 42.4. The predicted molar refractivity (Wildman–Crippen MR) is 154 cm³/mol. The van der Waals surface area contributed by atoms with Crippen LogP contribution in [0.5, 0.6) is 0 Å². The second-order valence-electron chi connectivity index (χ2n) is 7.18. The predicted octanol–water partition coefficient (Wildman–Crippen LogP) is 5.33. The Kier molecular flexibility index (Phi) is 55.8. The highest BCUT2D eigenvalue weighted by Crippen LogP contribution is 2.00. The lowest BCUT2D eigenvalue weighted by Crippen LogP contribution is -2.14. The lowest BCUT2D eigenvalue weighted by Gasteiger charge is -2.08. The Balaban J connectivity index is -0.000000356. The van der Waals surface area contributed by atoms with Crippen LogP contribution in [0, 0.1) is 0 Å². The Morgan fingerprint density at radius 3 is 1.22 bits per heavy atom. The van der Waals surface area contributed by atoms with Crippen molar-refractivity contribution in [3.05, 3.63) is 11.8 Å². The Hall–Kier alpha value is -0.740. The van der Waals surface area contributed by atoms with Gasteiger partial charge in [-0.05, 0) is 26.3 Å². The average Bonchev–Trinajstić information content (AvgIpc) is 2.93. The van der Waals surface area contributed by atoms with Crippen molar-refractivity contribution in [2.75, 3.05) is 85.8 Å². The van der Waals surface area contributed by atoms with Gasteiger partial charge < -0.3 is 39.9 Å². The standard InChI is InChI=1S/C17H35NO6.C7H17N.2C2H6/c1-3-5-19-6-7-20-8-9-21-10-11-22-12-13-23-14-15-24-16-17(18)4-2;1-2-3-4-5-6-7-8;2*1-2/h4H,3,5-16,18H2,1-2H3;2-8H2,1H3;2*1-2H3/b17-4-;;;. The molecule has 0 saturated carbocycles. The van der Waals surface area contributed by atoms with Gasteiger partial charge in [0.1, 0.15) is 0 Å². The van der Waals surface area contributed by atoms with Crippen LogP contribution in [-0.4, -0.2) is 85.8 Å². The van der Waals surface area contributed by atoms with Gasteiger partial charge in [-0.15, -0.1) is 0 Å². The Morgan fingerprint density at radius 2 is 0.889 bits per heavy atom. The first-order valence-corrected chi connectivity index (χ1v) is 14.3. The molecular formula is C28H64N2O6. The number of hydrogen-bond donors (Lipinski definition) is 2. The van der Waals surface area contributed by atoms with Crippen LogP contribution in [-0.2, 0) is 28.4 Å². The first-order valence-electron chi connectivity index (χ1n) is 14.3. The van der Waals surface area contributed by atoms with E-state index < -0.39 is 0 Å². The summed E-state index contributed by atoms with van der Waals surface area (Å²) in [6.45, 7) is 22.0. The molecule has 0 unspecified atom stereocenters. The van der Waals surface area contributed by atoms with Gasteiger partial charge in [-0.3, -0.25) is 0 Å². The van der Waals surface area contributed by atoms with Gasteiger partial charge in [-0.2, -0.15) is 0 Å². The molecule has 0 aromatic heterocycles. The van der Waals surface area contributed by atoms with E-state index in [0.29, 0.717) is 72.7 Å². The summed E-state index contributed by atoms with van der Waals surface area (Å²) in [5.41, 5.74) is 11.6. The van der Waals surface area contributed by atoms with Gasteiger partial charge in [-0.25, -0.2) is 0 Å². The van der Waals surface area contributed by atoms with Gasteiger partial charge in [0.25, 0.3) is 0 Å². The van der Waals surface area contributed by atoms with Gasteiger partial charge in [0.05, 0.1) is 72.7 Å². The maximum atomic E-state index is 5.59. The molecule has 0 saturated heterocycles. The highest BCUT2D eigenvalue weighted by Gasteiger charge is 1.94. The minimum absolute atomic E-state index is 0.448. The zero-order valence-corrected chi connectivity index (χ0v) is 25.1. The molecule has 0 rings (SSSR count). The summed E-state index contributed by atoms with van der Waals surface area (Å²) in [6.07, 6.45) is 9.46. The van der Waals surface area contributed by atoms with E-state index in [4.69, 9.17) is 39.9 Å². The molecule has 0 spiro atoms. The second kappa shape index (κ2) is 47.5. The topological polar surface area (TPSA) is 107 Å². The number of allylic oxidation sites excluding steroid dienone is 1. The largest absolute Gasteiger partial charge is 0.400 e. The third kappa shape index (κ3) is 50.2. The van der Waals surface area contributed by atoms with Crippen LogP contribution in [0.3, 0.4) is 0 Å². The molecule has 0 heterocycles. The lowest BCUT2D eigenvalue weighted by atomic mass is 10.2. The molecule has 36 heavy (non-hydrogen) atoms. The van der Waals surface area contributed by atoms with Crippen molar-refractivity contribution in [2.24, 2.45) is 11.5 Å². The van der Waals surface area contributed by atoms with Crippen LogP contribution in [0.25, 0.3) is 0 Å². The van der Waals surface area contributed by atoms with Gasteiger partial charge in [0.2, 0.25) is 0 Å². The molecule has 0 radical (unpaired) electrons. The summed E-state index contributed by atoms with van der Waals surface area (Å²) in [5.74, 6) is 0. The van der Waals surface area contributed by atoms with Crippen LogP contribution in [0.4, 0.5) is 0 Å². The normalized spacial score (nSPS) is 10.5. The fourth-order valence-corrected chi connectivity index (χ4v) is 2.27. The average molecular weight is 525 g/mol. The summed E-state index contributed by atoms with van der Waals surface area (Å²) in [5, 5.41) is 0. The molecule has 4 N–H and O–H groups in total. The Morgan fingerprint density at radius 1 is 0.528 bits per heavy atom. The number of unbranched alkanes of at least 4 members (excludes halogenated alkanes) is 4. The summed E-state index contributed by atoms with van der Waals surface area (Å²) < 4.78 is 32.1. The van der Waals surface area contributed by atoms with E-state index in [1.54, 1.807) is 0 Å². The molecule has 0 aliphatic heterocycles. The molecule has 0 aliphatic rings. The van der Waals surface area contributed by atoms with Crippen molar-refractivity contribution in [1.82, 2.24) is 0 Å². The number of rotatable bonds is 24. The fourth-order valence-electron chi connectivity index (χ4n) is 2.27. The van der Waals surface area contributed by atoms with E-state index in [2.05, 4.69) is 13.8 Å². The van der Waals surface area contributed by atoms with Gasteiger partial charge >= 0.3 is 0 Å². The Labute approximate surface area is 224 Å². The lowest BCUT2D eigenvalue weighted by molar-refractivity contribution is -0.0158. The molecule has 0 bridgehead atoms. The van der Waals surface area contributed by atoms with Gasteiger partial charge in [-0.1, -0.05) is 73.3 Å².